The van der Waals surface area contributed by atoms with Crippen molar-refractivity contribution in [2.45, 2.75) is 6.61 Å². The summed E-state index contributed by atoms with van der Waals surface area (Å²) < 4.78 is 24.5. The van der Waals surface area contributed by atoms with E-state index in [9.17, 15) is 18.8 Å². The molecule has 9 heteroatoms. The van der Waals surface area contributed by atoms with Gasteiger partial charge in [0.1, 0.15) is 18.0 Å². The highest BCUT2D eigenvalue weighted by Gasteiger charge is 2.36. The van der Waals surface area contributed by atoms with Gasteiger partial charge in [-0.2, -0.15) is 0 Å². The molecule has 4 amide bonds. The van der Waals surface area contributed by atoms with Gasteiger partial charge in [-0.25, -0.2) is 14.1 Å². The molecule has 0 saturated carbocycles. The molecule has 1 aliphatic rings. The number of ether oxygens (including phenoxy) is 2. The third-order valence-corrected chi connectivity index (χ3v) is 5.39. The summed E-state index contributed by atoms with van der Waals surface area (Å²) in [5, 5.41) is 2.70. The van der Waals surface area contributed by atoms with Crippen LogP contribution in [0, 0.1) is 5.82 Å². The number of anilines is 1. The molecule has 1 N–H and O–H groups in total. The molecule has 0 aliphatic carbocycles. The summed E-state index contributed by atoms with van der Waals surface area (Å²) in [6.45, 7) is 0.214. The van der Waals surface area contributed by atoms with Gasteiger partial charge in [-0.1, -0.05) is 35.9 Å². The molecule has 1 fully saturated rings. The maximum atomic E-state index is 13.3. The van der Waals surface area contributed by atoms with Crippen LogP contribution in [0.15, 0.2) is 72.3 Å². The average Bonchev–Trinajstić information content (AvgIpc) is 2.82. The molecule has 3 aromatic carbocycles. The fourth-order valence-corrected chi connectivity index (χ4v) is 3.50. The van der Waals surface area contributed by atoms with Crippen LogP contribution >= 0.6 is 11.6 Å². The minimum Gasteiger partial charge on any atom is -0.493 e. The molecule has 1 aliphatic heterocycles. The molecule has 34 heavy (non-hydrogen) atoms. The van der Waals surface area contributed by atoms with Crippen molar-refractivity contribution >= 4 is 41.2 Å². The highest BCUT2D eigenvalue weighted by atomic mass is 35.5. The molecular weight excluding hydrogens is 463 g/mol. The van der Waals surface area contributed by atoms with E-state index < -0.39 is 23.7 Å². The summed E-state index contributed by atoms with van der Waals surface area (Å²) in [4.78, 5) is 38.4. The summed E-state index contributed by atoms with van der Waals surface area (Å²) >= 11 is 6.16. The topological polar surface area (TPSA) is 84.9 Å². The number of rotatable bonds is 6. The van der Waals surface area contributed by atoms with E-state index in [0.717, 1.165) is 22.6 Å². The van der Waals surface area contributed by atoms with Crippen LogP contribution < -0.4 is 19.7 Å². The Labute approximate surface area is 199 Å². The largest absolute Gasteiger partial charge is 0.493 e. The number of nitrogens with one attached hydrogen (secondary N) is 1. The van der Waals surface area contributed by atoms with Crippen molar-refractivity contribution in [3.8, 4) is 11.5 Å². The standard InChI is InChI=1S/C25H18ClFN2O5/c1-33-22-13-15(6-11-21(22)34-14-16-4-2-3-5-20(16)26)12-19-23(30)28-25(32)29(24(19)31)18-9-7-17(27)8-10-18/h2-13H,14H2,1H3,(H,28,30,32)/b19-12+. The molecule has 1 saturated heterocycles. The predicted molar refractivity (Wildman–Crippen MR) is 124 cm³/mol. The second-order valence-electron chi connectivity index (χ2n) is 7.22. The van der Waals surface area contributed by atoms with Crippen molar-refractivity contribution in [3.05, 3.63) is 94.3 Å². The highest BCUT2D eigenvalue weighted by Crippen LogP contribution is 2.31. The fraction of sp³-hybridized carbons (Fsp3) is 0.0800. The van der Waals surface area contributed by atoms with E-state index in [1.54, 1.807) is 24.3 Å². The third-order valence-electron chi connectivity index (χ3n) is 5.03. The molecule has 0 radical (unpaired) electrons. The Hall–Kier alpha value is -4.17. The monoisotopic (exact) mass is 480 g/mol. The van der Waals surface area contributed by atoms with Gasteiger partial charge in [0.05, 0.1) is 12.8 Å². The molecular formula is C25H18ClFN2O5. The number of benzene rings is 3. The molecule has 172 valence electrons. The van der Waals surface area contributed by atoms with Gasteiger partial charge < -0.3 is 9.47 Å². The minimum atomic E-state index is -0.917. The number of nitrogens with zero attached hydrogens (tertiary/aromatic N) is 1. The first-order valence-corrected chi connectivity index (χ1v) is 10.5. The second kappa shape index (κ2) is 9.76. The molecule has 1 heterocycles. The first kappa shape index (κ1) is 23.0. The Balaban J connectivity index is 1.60. The van der Waals surface area contributed by atoms with Crippen LogP contribution in [-0.2, 0) is 16.2 Å². The number of hydrogen-bond donors (Lipinski definition) is 1. The van der Waals surface area contributed by atoms with Crippen molar-refractivity contribution in [3.63, 3.8) is 0 Å². The Kier molecular flexibility index (Phi) is 6.60. The number of hydrogen-bond acceptors (Lipinski definition) is 5. The van der Waals surface area contributed by atoms with Gasteiger partial charge in [0.25, 0.3) is 11.8 Å². The lowest BCUT2D eigenvalue weighted by Gasteiger charge is -2.26. The molecule has 0 aromatic heterocycles. The second-order valence-corrected chi connectivity index (χ2v) is 7.63. The van der Waals surface area contributed by atoms with Gasteiger partial charge in [0.15, 0.2) is 11.5 Å². The Morgan fingerprint density at radius 3 is 2.44 bits per heavy atom. The number of urea groups is 1. The number of methoxy groups -OCH3 is 1. The van der Waals surface area contributed by atoms with Crippen molar-refractivity contribution in [2.24, 2.45) is 0 Å². The van der Waals surface area contributed by atoms with Crippen molar-refractivity contribution in [1.29, 1.82) is 0 Å². The van der Waals surface area contributed by atoms with Crippen LogP contribution in [-0.4, -0.2) is 25.0 Å². The Bertz CT molecular complexity index is 1310. The summed E-state index contributed by atoms with van der Waals surface area (Å²) in [5.41, 5.74) is 1.13. The van der Waals surface area contributed by atoms with Gasteiger partial charge in [-0.3, -0.25) is 14.9 Å². The summed E-state index contributed by atoms with van der Waals surface area (Å²) in [7, 11) is 1.46. The summed E-state index contributed by atoms with van der Waals surface area (Å²) in [6.07, 6.45) is 1.33. The first-order valence-electron chi connectivity index (χ1n) is 10.1. The molecule has 0 atom stereocenters. The quantitative estimate of drug-likeness (QED) is 0.407. The molecule has 3 aromatic rings. The van der Waals surface area contributed by atoms with Crippen molar-refractivity contribution in [2.75, 3.05) is 12.0 Å². The van der Waals surface area contributed by atoms with Crippen LogP contribution in [0.25, 0.3) is 6.08 Å². The maximum absolute atomic E-state index is 13.3. The summed E-state index contributed by atoms with van der Waals surface area (Å²) in [5.74, 6) is -1.39. The molecule has 4 rings (SSSR count). The zero-order valence-corrected chi connectivity index (χ0v) is 18.6. The molecule has 0 spiro atoms. The molecule has 0 bridgehead atoms. The van der Waals surface area contributed by atoms with Crippen LogP contribution in [0.1, 0.15) is 11.1 Å². The van der Waals surface area contributed by atoms with Gasteiger partial charge in [0.2, 0.25) is 0 Å². The van der Waals surface area contributed by atoms with E-state index in [4.69, 9.17) is 21.1 Å². The molecule has 0 unspecified atom stereocenters. The Morgan fingerprint density at radius 2 is 1.74 bits per heavy atom. The van der Waals surface area contributed by atoms with Crippen LogP contribution in [0.5, 0.6) is 11.5 Å². The van der Waals surface area contributed by atoms with Crippen LogP contribution in [0.2, 0.25) is 5.02 Å². The van der Waals surface area contributed by atoms with Crippen LogP contribution in [0.3, 0.4) is 0 Å². The lowest BCUT2D eigenvalue weighted by molar-refractivity contribution is -0.122. The van der Waals surface area contributed by atoms with E-state index in [0.29, 0.717) is 22.1 Å². The maximum Gasteiger partial charge on any atom is 0.335 e. The van der Waals surface area contributed by atoms with Gasteiger partial charge in [-0.15, -0.1) is 0 Å². The van der Waals surface area contributed by atoms with Gasteiger partial charge in [-0.05, 0) is 54.1 Å². The third kappa shape index (κ3) is 4.77. The number of imide groups is 2. The van der Waals surface area contributed by atoms with E-state index in [1.165, 1.54) is 25.3 Å². The predicted octanol–water partition coefficient (Wildman–Crippen LogP) is 4.73. The number of barbiturate groups is 1. The lowest BCUT2D eigenvalue weighted by Crippen LogP contribution is -2.54. The summed E-state index contributed by atoms with van der Waals surface area (Å²) in [6, 6.07) is 16.0. The minimum absolute atomic E-state index is 0.128. The normalized spacial score (nSPS) is 14.9. The smallest absolute Gasteiger partial charge is 0.335 e. The van der Waals surface area contributed by atoms with E-state index in [1.807, 2.05) is 18.2 Å². The number of halogens is 2. The lowest BCUT2D eigenvalue weighted by atomic mass is 10.1. The zero-order valence-electron chi connectivity index (χ0n) is 17.9. The average molecular weight is 481 g/mol. The Morgan fingerprint density at radius 1 is 1.00 bits per heavy atom. The molecule has 7 nitrogen and oxygen atoms in total. The highest BCUT2D eigenvalue weighted by molar-refractivity contribution is 6.39. The van der Waals surface area contributed by atoms with Gasteiger partial charge >= 0.3 is 6.03 Å². The van der Waals surface area contributed by atoms with Crippen molar-refractivity contribution in [1.82, 2.24) is 5.32 Å². The van der Waals surface area contributed by atoms with Gasteiger partial charge in [0, 0.05) is 10.6 Å². The number of carbonyl (C=O) groups is 3. The number of amides is 4. The zero-order chi connectivity index (χ0) is 24.2. The number of carbonyl (C=O) groups excluding carboxylic acids is 3. The van der Waals surface area contributed by atoms with E-state index in [-0.39, 0.29) is 17.9 Å². The fourth-order valence-electron chi connectivity index (χ4n) is 3.31. The van der Waals surface area contributed by atoms with Crippen molar-refractivity contribution < 1.29 is 28.2 Å². The SMILES string of the molecule is COc1cc(/C=C2\C(=O)NC(=O)N(c3ccc(F)cc3)C2=O)ccc1OCc1ccccc1Cl. The van der Waals surface area contributed by atoms with Crippen LogP contribution in [0.4, 0.5) is 14.9 Å². The van der Waals surface area contributed by atoms with E-state index in [2.05, 4.69) is 5.32 Å². The first-order chi connectivity index (χ1) is 16.4. The van der Waals surface area contributed by atoms with E-state index >= 15 is 0 Å².